The molecule has 0 heterocycles. The van der Waals surface area contributed by atoms with Gasteiger partial charge in [0.25, 0.3) is 0 Å². The van der Waals surface area contributed by atoms with E-state index in [0.717, 1.165) is 38.5 Å². The van der Waals surface area contributed by atoms with Gasteiger partial charge >= 0.3 is 0 Å². The molecule has 0 spiro atoms. The lowest BCUT2D eigenvalue weighted by Crippen LogP contribution is -2.31. The Hall–Kier alpha value is -0.0800. The van der Waals surface area contributed by atoms with Crippen molar-refractivity contribution in [1.82, 2.24) is 0 Å². The van der Waals surface area contributed by atoms with Crippen molar-refractivity contribution in [3.63, 3.8) is 0 Å². The first-order valence-electron chi connectivity index (χ1n) is 6.57. The molecule has 0 aromatic carbocycles. The van der Waals surface area contributed by atoms with Crippen LogP contribution in [0.5, 0.6) is 0 Å². The van der Waals surface area contributed by atoms with Crippen LogP contribution < -0.4 is 0 Å². The largest absolute Gasteiger partial charge is 0.251 e. The van der Waals surface area contributed by atoms with E-state index in [1.807, 2.05) is 0 Å². The fourth-order valence-electron chi connectivity index (χ4n) is 2.01. The van der Waals surface area contributed by atoms with Crippen molar-refractivity contribution in [2.75, 3.05) is 0 Å². The molecule has 0 atom stereocenters. The predicted octanol–water partition coefficient (Wildman–Crippen LogP) is 4.79. The Kier molecular flexibility index (Phi) is 9.12. The SMILES string of the molecule is CCCCC(CCCC)(CCCC)OO. The molecule has 0 aliphatic carbocycles. The summed E-state index contributed by atoms with van der Waals surface area (Å²) < 4.78 is 0. The Labute approximate surface area is 95.0 Å². The molecule has 1 N–H and O–H groups in total. The Bertz CT molecular complexity index is 113. The lowest BCUT2D eigenvalue weighted by molar-refractivity contribution is -0.330. The summed E-state index contributed by atoms with van der Waals surface area (Å²) in [6, 6.07) is 0. The van der Waals surface area contributed by atoms with Gasteiger partial charge in [-0.2, -0.15) is 0 Å². The first-order valence-corrected chi connectivity index (χ1v) is 6.57. The Morgan fingerprint density at radius 3 is 1.33 bits per heavy atom. The zero-order valence-electron chi connectivity index (χ0n) is 10.7. The highest BCUT2D eigenvalue weighted by molar-refractivity contribution is 4.79. The maximum absolute atomic E-state index is 9.16. The molecule has 0 bridgehead atoms. The highest BCUT2D eigenvalue weighted by Gasteiger charge is 2.29. The molecule has 0 saturated carbocycles. The second-order valence-electron chi connectivity index (χ2n) is 4.58. The first-order chi connectivity index (χ1) is 7.24. The number of unbranched alkanes of at least 4 members (excludes halogenated alkanes) is 3. The zero-order valence-corrected chi connectivity index (χ0v) is 10.7. The third kappa shape index (κ3) is 6.16. The van der Waals surface area contributed by atoms with Gasteiger partial charge in [-0.3, -0.25) is 5.26 Å². The molecule has 0 unspecified atom stereocenters. The molecule has 0 aromatic heterocycles. The molecule has 0 aliphatic heterocycles. The van der Waals surface area contributed by atoms with Gasteiger partial charge in [-0.1, -0.05) is 59.3 Å². The smallest absolute Gasteiger partial charge is 0.103 e. The summed E-state index contributed by atoms with van der Waals surface area (Å²) >= 11 is 0. The summed E-state index contributed by atoms with van der Waals surface area (Å²) in [7, 11) is 0. The van der Waals surface area contributed by atoms with Crippen LogP contribution in [0.1, 0.15) is 78.6 Å². The molecule has 0 amide bonds. The van der Waals surface area contributed by atoms with Crippen LogP contribution in [0, 0.1) is 0 Å². The van der Waals surface area contributed by atoms with Crippen LogP contribution >= 0.6 is 0 Å². The Morgan fingerprint density at radius 2 is 1.13 bits per heavy atom. The van der Waals surface area contributed by atoms with Crippen LogP contribution in [0.4, 0.5) is 0 Å². The monoisotopic (exact) mass is 216 g/mol. The van der Waals surface area contributed by atoms with E-state index in [9.17, 15) is 0 Å². The minimum Gasteiger partial charge on any atom is -0.251 e. The molecule has 0 fully saturated rings. The zero-order chi connectivity index (χ0) is 11.6. The highest BCUT2D eigenvalue weighted by Crippen LogP contribution is 2.30. The van der Waals surface area contributed by atoms with Crippen molar-refractivity contribution in [1.29, 1.82) is 0 Å². The lowest BCUT2D eigenvalue weighted by atomic mass is 9.86. The molecule has 15 heavy (non-hydrogen) atoms. The number of hydrogen-bond acceptors (Lipinski definition) is 2. The number of hydrogen-bond donors (Lipinski definition) is 1. The molecule has 0 rings (SSSR count). The van der Waals surface area contributed by atoms with Crippen molar-refractivity contribution in [2.45, 2.75) is 84.2 Å². The van der Waals surface area contributed by atoms with E-state index < -0.39 is 0 Å². The van der Waals surface area contributed by atoms with Gasteiger partial charge < -0.3 is 0 Å². The van der Waals surface area contributed by atoms with Gasteiger partial charge in [-0.15, -0.1) is 0 Å². The molecule has 0 aromatic rings. The summed E-state index contributed by atoms with van der Waals surface area (Å²) in [4.78, 5) is 4.84. The van der Waals surface area contributed by atoms with Crippen molar-refractivity contribution in [3.05, 3.63) is 0 Å². The molecule has 0 aliphatic rings. The van der Waals surface area contributed by atoms with E-state index in [0.29, 0.717) is 0 Å². The first kappa shape index (κ1) is 14.9. The van der Waals surface area contributed by atoms with Crippen molar-refractivity contribution < 1.29 is 10.1 Å². The molecular formula is C13H28O2. The Balaban J connectivity index is 4.16. The highest BCUT2D eigenvalue weighted by atomic mass is 17.1. The van der Waals surface area contributed by atoms with Gasteiger partial charge in [-0.05, 0) is 19.3 Å². The van der Waals surface area contributed by atoms with E-state index in [-0.39, 0.29) is 5.60 Å². The average molecular weight is 216 g/mol. The molecule has 2 heteroatoms. The molecule has 2 nitrogen and oxygen atoms in total. The van der Waals surface area contributed by atoms with Crippen molar-refractivity contribution in [2.24, 2.45) is 0 Å². The average Bonchev–Trinajstić information content (AvgIpc) is 2.29. The molecule has 92 valence electrons. The third-order valence-electron chi connectivity index (χ3n) is 3.15. The fourth-order valence-corrected chi connectivity index (χ4v) is 2.01. The lowest BCUT2D eigenvalue weighted by Gasteiger charge is -2.30. The van der Waals surface area contributed by atoms with E-state index >= 15 is 0 Å². The van der Waals surface area contributed by atoms with Gasteiger partial charge in [0.2, 0.25) is 0 Å². The molecular weight excluding hydrogens is 188 g/mol. The summed E-state index contributed by atoms with van der Waals surface area (Å²) in [6.45, 7) is 6.55. The summed E-state index contributed by atoms with van der Waals surface area (Å²) in [5.74, 6) is 0. The second-order valence-corrected chi connectivity index (χ2v) is 4.58. The van der Waals surface area contributed by atoms with Crippen LogP contribution in [-0.2, 0) is 4.89 Å². The van der Waals surface area contributed by atoms with Crippen LogP contribution in [0.2, 0.25) is 0 Å². The molecule has 0 saturated heterocycles. The van der Waals surface area contributed by atoms with E-state index in [4.69, 9.17) is 10.1 Å². The minimum absolute atomic E-state index is 0.248. The van der Waals surface area contributed by atoms with E-state index in [2.05, 4.69) is 20.8 Å². The maximum atomic E-state index is 9.16. The van der Waals surface area contributed by atoms with Crippen LogP contribution in [0.15, 0.2) is 0 Å². The summed E-state index contributed by atoms with van der Waals surface area (Å²) in [6.07, 6.45) is 9.95. The maximum Gasteiger partial charge on any atom is 0.103 e. The Morgan fingerprint density at radius 1 is 0.800 bits per heavy atom. The second kappa shape index (κ2) is 9.17. The molecule has 0 radical (unpaired) electrons. The summed E-state index contributed by atoms with van der Waals surface area (Å²) in [5.41, 5.74) is -0.248. The quantitative estimate of drug-likeness (QED) is 0.420. The van der Waals surface area contributed by atoms with Crippen LogP contribution in [0.25, 0.3) is 0 Å². The normalized spacial score (nSPS) is 12.0. The van der Waals surface area contributed by atoms with Crippen LogP contribution in [-0.4, -0.2) is 10.9 Å². The summed E-state index contributed by atoms with van der Waals surface area (Å²) in [5, 5.41) is 9.16. The van der Waals surface area contributed by atoms with Crippen molar-refractivity contribution in [3.8, 4) is 0 Å². The van der Waals surface area contributed by atoms with Gasteiger partial charge in [0.15, 0.2) is 0 Å². The third-order valence-corrected chi connectivity index (χ3v) is 3.15. The van der Waals surface area contributed by atoms with Gasteiger partial charge in [0, 0.05) is 0 Å². The van der Waals surface area contributed by atoms with E-state index in [1.54, 1.807) is 0 Å². The van der Waals surface area contributed by atoms with Crippen molar-refractivity contribution >= 4 is 0 Å². The standard InChI is InChI=1S/C13H28O2/c1-4-7-10-13(15-14,11-8-5-2)12-9-6-3/h14H,4-12H2,1-3H3. The van der Waals surface area contributed by atoms with Gasteiger partial charge in [0.1, 0.15) is 5.60 Å². The van der Waals surface area contributed by atoms with E-state index in [1.165, 1.54) is 19.3 Å². The van der Waals surface area contributed by atoms with Crippen LogP contribution in [0.3, 0.4) is 0 Å². The number of rotatable bonds is 10. The topological polar surface area (TPSA) is 29.5 Å². The minimum atomic E-state index is -0.248. The predicted molar refractivity (Wildman–Crippen MR) is 65.0 cm³/mol. The fraction of sp³-hybridized carbons (Fsp3) is 1.00. The van der Waals surface area contributed by atoms with Gasteiger partial charge in [-0.25, -0.2) is 4.89 Å². The van der Waals surface area contributed by atoms with Gasteiger partial charge in [0.05, 0.1) is 0 Å².